The molecule has 0 saturated heterocycles. The first-order valence-corrected chi connectivity index (χ1v) is 15.2. The molecule has 0 radical (unpaired) electrons. The maximum absolute atomic E-state index is 8.60. The molecule has 14 heteroatoms. The van der Waals surface area contributed by atoms with Crippen LogP contribution in [0.1, 0.15) is 40.5 Å². The van der Waals surface area contributed by atoms with Crippen LogP contribution in [0.15, 0.2) is 73.1 Å². The summed E-state index contributed by atoms with van der Waals surface area (Å²) in [5.74, 6) is 1.80. The molecule has 2 aromatic rings. The summed E-state index contributed by atoms with van der Waals surface area (Å²) < 4.78 is 72.5. The highest BCUT2D eigenvalue weighted by Gasteiger charge is 2.40. The molecule has 0 fully saturated rings. The van der Waals surface area contributed by atoms with Gasteiger partial charge in [0.25, 0.3) is 0 Å². The molecule has 0 amide bonds. The van der Waals surface area contributed by atoms with Crippen molar-refractivity contribution >= 4 is 28.6 Å². The molecule has 0 saturated carbocycles. The maximum Gasteiger partial charge on any atom is 0.180 e. The summed E-state index contributed by atoms with van der Waals surface area (Å²) in [5, 5.41) is 0. The summed E-state index contributed by atoms with van der Waals surface area (Å²) in [4.78, 5) is 10.6. The fourth-order valence-electron chi connectivity index (χ4n) is 3.08. The molecule has 0 bridgehead atoms. The maximum atomic E-state index is 8.60. The van der Waals surface area contributed by atoms with E-state index in [2.05, 4.69) is 69.3 Å². The molecule has 2 aromatic carbocycles. The Bertz CT molecular complexity index is 913. The Hall–Kier alpha value is -1.13. The van der Waals surface area contributed by atoms with Crippen LogP contribution in [-0.4, -0.2) is 28.5 Å². The highest BCUT2D eigenvalue weighted by molar-refractivity contribution is 8.04. The van der Waals surface area contributed by atoms with Gasteiger partial charge in [-0.3, -0.25) is 0 Å². The lowest BCUT2D eigenvalue weighted by Crippen LogP contribution is -2.68. The highest BCUT2D eigenvalue weighted by Crippen LogP contribution is 2.46. The third-order valence-electron chi connectivity index (χ3n) is 4.22. The second-order valence-electron chi connectivity index (χ2n) is 7.95. The first kappa shape index (κ1) is 32.9. The first-order valence-electron chi connectivity index (χ1n) is 10.5. The van der Waals surface area contributed by atoms with E-state index in [0.29, 0.717) is 0 Å². The van der Waals surface area contributed by atoms with E-state index in [1.54, 1.807) is 0 Å². The van der Waals surface area contributed by atoms with E-state index in [0.717, 1.165) is 31.1 Å². The lowest BCUT2D eigenvalue weighted by atomic mass is 10.1. The molecule has 1 N–H and O–H groups in total. The Kier molecular flexibility index (Phi) is 13.4. The van der Waals surface area contributed by atoms with Crippen molar-refractivity contribution in [3.63, 3.8) is 0 Å². The van der Waals surface area contributed by atoms with Gasteiger partial charge in [0.15, 0.2) is 15.7 Å². The summed E-state index contributed by atoms with van der Waals surface area (Å²) in [6, 6.07) is 17.6. The molecule has 1 heterocycles. The van der Waals surface area contributed by atoms with E-state index in [9.17, 15) is 0 Å². The molecule has 10 nitrogen and oxygen atoms in total. The van der Waals surface area contributed by atoms with E-state index in [1.165, 1.54) is 19.6 Å². The van der Waals surface area contributed by atoms with Gasteiger partial charge in [-0.05, 0) is 44.5 Å². The molecular formula is C22H29Cl2NO9S2. The minimum absolute atomic E-state index is 0.0288. The SMILES string of the molecule is CCCCOC(C)=NC(C)(C)C[S+]1c2ccccc2Sc2ccccc21.[O-][Cl+3]([O-])([O-])O.[O-][Cl+3]([O-])([O-])[O-]. The molecule has 0 spiro atoms. The van der Waals surface area contributed by atoms with Gasteiger partial charge in [-0.2, -0.15) is 14.0 Å². The lowest BCUT2D eigenvalue weighted by molar-refractivity contribution is -2.00. The lowest BCUT2D eigenvalue weighted by Gasteiger charge is -2.25. The van der Waals surface area contributed by atoms with Gasteiger partial charge in [-0.25, -0.2) is 23.6 Å². The summed E-state index contributed by atoms with van der Waals surface area (Å²) in [5.41, 5.74) is -0.165. The number of unbranched alkanes of at least 4 members (excludes halogenated alkanes) is 1. The predicted octanol–water partition coefficient (Wildman–Crippen LogP) is -2.68. The predicted molar refractivity (Wildman–Crippen MR) is 116 cm³/mol. The van der Waals surface area contributed by atoms with E-state index < -0.39 is 20.5 Å². The van der Waals surface area contributed by atoms with Crippen LogP contribution >= 0.6 is 11.8 Å². The number of halogens is 2. The van der Waals surface area contributed by atoms with Crippen LogP contribution in [0.25, 0.3) is 0 Å². The van der Waals surface area contributed by atoms with E-state index in [4.69, 9.17) is 47.0 Å². The van der Waals surface area contributed by atoms with E-state index in [1.807, 2.05) is 18.7 Å². The summed E-state index contributed by atoms with van der Waals surface area (Å²) in [6.07, 6.45) is 2.22. The number of benzene rings is 2. The van der Waals surface area contributed by atoms with E-state index in [-0.39, 0.29) is 16.4 Å². The number of hydrogen-bond donors (Lipinski definition) is 1. The van der Waals surface area contributed by atoms with Crippen molar-refractivity contribution in [2.24, 2.45) is 4.99 Å². The zero-order chi connectivity index (χ0) is 27.6. The zero-order valence-corrected chi connectivity index (χ0v) is 23.3. The van der Waals surface area contributed by atoms with Crippen LogP contribution in [0.5, 0.6) is 0 Å². The van der Waals surface area contributed by atoms with Gasteiger partial charge in [0.05, 0.1) is 42.2 Å². The topological polar surface area (TPSA) is 203 Å². The van der Waals surface area contributed by atoms with Crippen molar-refractivity contribution in [3.05, 3.63) is 48.5 Å². The quantitative estimate of drug-likeness (QED) is 0.161. The molecule has 36 heavy (non-hydrogen) atoms. The standard InChI is InChI=1S/C22H28NOS2.2ClHO4/c1-5-6-15-24-17(2)23-22(3,4)16-26-20-13-9-7-11-18(20)25-19-12-8-10-14-21(19)26;2*2-1(3,4)5/h7-14H,5-6,15-16H2,1-4H3;2*(H,2,3,4,5)/q+1;;/p-1. The van der Waals surface area contributed by atoms with Crippen LogP contribution in [-0.2, 0) is 15.6 Å². The number of fused-ring (bicyclic) bond motifs is 2. The van der Waals surface area contributed by atoms with Gasteiger partial charge < -0.3 is 4.74 Å². The molecule has 1 aliphatic heterocycles. The Balaban J connectivity index is 0.000000550. The summed E-state index contributed by atoms with van der Waals surface area (Å²) >= 11 is 1.89. The number of aliphatic imine (C=N–C) groups is 1. The summed E-state index contributed by atoms with van der Waals surface area (Å²) in [6.45, 7) is 9.37. The second-order valence-corrected chi connectivity index (χ2v) is 12.5. The Labute approximate surface area is 222 Å². The molecule has 0 aromatic heterocycles. The normalized spacial score (nSPS) is 13.9. The van der Waals surface area contributed by atoms with Crippen molar-refractivity contribution in [1.82, 2.24) is 0 Å². The number of rotatable bonds is 6. The van der Waals surface area contributed by atoms with Crippen LogP contribution < -0.4 is 32.6 Å². The van der Waals surface area contributed by atoms with Gasteiger partial charge in [0.2, 0.25) is 0 Å². The van der Waals surface area contributed by atoms with Crippen LogP contribution in [0.4, 0.5) is 0 Å². The van der Waals surface area contributed by atoms with Crippen molar-refractivity contribution in [3.8, 4) is 0 Å². The van der Waals surface area contributed by atoms with Gasteiger partial charge in [-0.15, -0.1) is 10.2 Å². The number of nitrogens with zero attached hydrogens (tertiary/aromatic N) is 1. The molecular weight excluding hydrogens is 557 g/mol. The number of ether oxygens (including phenoxy) is 1. The van der Waals surface area contributed by atoms with Crippen molar-refractivity contribution in [2.75, 3.05) is 12.4 Å². The third kappa shape index (κ3) is 14.6. The average Bonchev–Trinajstić information content (AvgIpc) is 2.71. The minimum atomic E-state index is -4.94. The average molecular weight is 587 g/mol. The Morgan fingerprint density at radius 1 is 0.944 bits per heavy atom. The van der Waals surface area contributed by atoms with Crippen molar-refractivity contribution in [1.29, 1.82) is 0 Å². The fourth-order valence-corrected chi connectivity index (χ4v) is 7.22. The van der Waals surface area contributed by atoms with Crippen molar-refractivity contribution < 1.29 is 62.5 Å². The minimum Gasteiger partial charge on any atom is -0.481 e. The van der Waals surface area contributed by atoms with Crippen LogP contribution in [0, 0.1) is 20.5 Å². The Morgan fingerprint density at radius 3 is 1.78 bits per heavy atom. The highest BCUT2D eigenvalue weighted by atomic mass is 35.7. The molecule has 0 atom stereocenters. The van der Waals surface area contributed by atoms with Crippen LogP contribution in [0.2, 0.25) is 0 Å². The molecule has 202 valence electrons. The first-order chi connectivity index (χ1) is 16.5. The second kappa shape index (κ2) is 14.7. The van der Waals surface area contributed by atoms with Gasteiger partial charge in [-0.1, -0.05) is 49.4 Å². The molecule has 0 aliphatic carbocycles. The largest absolute Gasteiger partial charge is 0.481 e. The van der Waals surface area contributed by atoms with Gasteiger partial charge >= 0.3 is 0 Å². The molecule has 3 rings (SSSR count). The third-order valence-corrected chi connectivity index (χ3v) is 8.39. The van der Waals surface area contributed by atoms with Crippen LogP contribution in [0.3, 0.4) is 0 Å². The van der Waals surface area contributed by atoms with Gasteiger partial charge in [0, 0.05) is 6.92 Å². The van der Waals surface area contributed by atoms with Crippen molar-refractivity contribution in [2.45, 2.75) is 65.7 Å². The molecule has 1 aliphatic rings. The summed E-state index contributed by atoms with van der Waals surface area (Å²) in [7, 11) is -9.61. The van der Waals surface area contributed by atoms with E-state index >= 15 is 0 Å². The zero-order valence-electron chi connectivity index (χ0n) is 20.2. The molecule has 0 unspecified atom stereocenters. The Morgan fingerprint density at radius 2 is 1.36 bits per heavy atom. The smallest absolute Gasteiger partial charge is 0.180 e. The fraction of sp³-hybridized carbons (Fsp3) is 0.409. The monoisotopic (exact) mass is 585 g/mol. The van der Waals surface area contributed by atoms with Gasteiger partial charge in [0.1, 0.15) is 11.3 Å². The number of hydrogen-bond acceptors (Lipinski definition) is 11.